The van der Waals surface area contributed by atoms with Gasteiger partial charge in [-0.05, 0) is 42.5 Å². The molecule has 0 aliphatic carbocycles. The number of carbonyl (C=O) groups excluding carboxylic acids is 1. The standard InChI is InChI=1S/C20H18Cl2N4O2S/c1-3-8-26-19(13-9-14(21)11-15(22)10-13)24-25-20(26)29-12-18(27)23-16-4-6-17(28-2)7-5-16/h3-7,9-11H,1,8,12H2,2H3,(H,23,27). The lowest BCUT2D eigenvalue weighted by Crippen LogP contribution is -2.14. The molecule has 0 atom stereocenters. The normalized spacial score (nSPS) is 10.6. The monoisotopic (exact) mass is 448 g/mol. The molecule has 0 fully saturated rings. The molecule has 0 aliphatic rings. The first-order valence-electron chi connectivity index (χ1n) is 8.57. The van der Waals surface area contributed by atoms with Gasteiger partial charge in [-0.1, -0.05) is 41.0 Å². The van der Waals surface area contributed by atoms with Crippen molar-refractivity contribution in [2.45, 2.75) is 11.7 Å². The Balaban J connectivity index is 1.72. The van der Waals surface area contributed by atoms with Crippen LogP contribution < -0.4 is 10.1 Å². The zero-order chi connectivity index (χ0) is 20.8. The van der Waals surface area contributed by atoms with Crippen LogP contribution >= 0.6 is 35.0 Å². The topological polar surface area (TPSA) is 69.0 Å². The summed E-state index contributed by atoms with van der Waals surface area (Å²) in [5.74, 6) is 1.36. The number of methoxy groups -OCH3 is 1. The fraction of sp³-hybridized carbons (Fsp3) is 0.150. The molecule has 6 nitrogen and oxygen atoms in total. The van der Waals surface area contributed by atoms with Crippen molar-refractivity contribution in [1.82, 2.24) is 14.8 Å². The molecule has 0 saturated carbocycles. The minimum absolute atomic E-state index is 0.152. The van der Waals surface area contributed by atoms with E-state index >= 15 is 0 Å². The largest absolute Gasteiger partial charge is 0.497 e. The van der Waals surface area contributed by atoms with Gasteiger partial charge >= 0.3 is 0 Å². The maximum atomic E-state index is 12.3. The van der Waals surface area contributed by atoms with Crippen LogP contribution in [-0.2, 0) is 11.3 Å². The van der Waals surface area contributed by atoms with E-state index in [0.29, 0.717) is 33.3 Å². The molecule has 150 valence electrons. The molecular weight excluding hydrogens is 431 g/mol. The highest BCUT2D eigenvalue weighted by atomic mass is 35.5. The lowest BCUT2D eigenvalue weighted by Gasteiger charge is -2.09. The number of anilines is 1. The summed E-state index contributed by atoms with van der Waals surface area (Å²) in [6, 6.07) is 12.3. The molecule has 1 amide bonds. The Morgan fingerprint density at radius 3 is 2.52 bits per heavy atom. The van der Waals surface area contributed by atoms with E-state index in [1.807, 2.05) is 4.57 Å². The van der Waals surface area contributed by atoms with Crippen molar-refractivity contribution in [2.24, 2.45) is 0 Å². The number of benzene rings is 2. The van der Waals surface area contributed by atoms with Crippen LogP contribution in [0.15, 0.2) is 60.3 Å². The van der Waals surface area contributed by atoms with Crippen LogP contribution in [0.25, 0.3) is 11.4 Å². The van der Waals surface area contributed by atoms with Crippen molar-refractivity contribution >= 4 is 46.6 Å². The quantitative estimate of drug-likeness (QED) is 0.379. The van der Waals surface area contributed by atoms with Crippen molar-refractivity contribution in [3.63, 3.8) is 0 Å². The van der Waals surface area contributed by atoms with Crippen molar-refractivity contribution < 1.29 is 9.53 Å². The first-order chi connectivity index (χ1) is 14.0. The maximum absolute atomic E-state index is 12.3. The zero-order valence-electron chi connectivity index (χ0n) is 15.6. The van der Waals surface area contributed by atoms with Crippen molar-refractivity contribution in [2.75, 3.05) is 18.2 Å². The zero-order valence-corrected chi connectivity index (χ0v) is 17.9. The third-order valence-electron chi connectivity index (χ3n) is 3.86. The molecular formula is C20H18Cl2N4O2S. The van der Waals surface area contributed by atoms with Gasteiger partial charge in [0.05, 0.1) is 12.9 Å². The molecule has 1 heterocycles. The number of allylic oxidation sites excluding steroid dienone is 1. The Kier molecular flexibility index (Phi) is 7.19. The number of thioether (sulfide) groups is 1. The first-order valence-corrected chi connectivity index (χ1v) is 10.3. The fourth-order valence-electron chi connectivity index (χ4n) is 2.59. The Hall–Kier alpha value is -2.48. The Bertz CT molecular complexity index is 1000. The molecule has 0 spiro atoms. The number of aromatic nitrogens is 3. The molecule has 0 bridgehead atoms. The first kappa shape index (κ1) is 21.2. The molecule has 1 aromatic heterocycles. The number of carbonyl (C=O) groups is 1. The predicted molar refractivity (Wildman–Crippen MR) is 118 cm³/mol. The number of hydrogen-bond donors (Lipinski definition) is 1. The van der Waals surface area contributed by atoms with Gasteiger partial charge in [-0.15, -0.1) is 16.8 Å². The SMILES string of the molecule is C=CCn1c(SCC(=O)Nc2ccc(OC)cc2)nnc1-c1cc(Cl)cc(Cl)c1. The lowest BCUT2D eigenvalue weighted by molar-refractivity contribution is -0.113. The van der Waals surface area contributed by atoms with Gasteiger partial charge in [0.15, 0.2) is 11.0 Å². The number of rotatable bonds is 8. The van der Waals surface area contributed by atoms with Crippen LogP contribution in [0.5, 0.6) is 5.75 Å². The summed E-state index contributed by atoms with van der Waals surface area (Å²) in [5, 5.41) is 12.9. The highest BCUT2D eigenvalue weighted by molar-refractivity contribution is 7.99. The van der Waals surface area contributed by atoms with E-state index < -0.39 is 0 Å². The number of nitrogens with one attached hydrogen (secondary N) is 1. The Labute approximate surface area is 182 Å². The summed E-state index contributed by atoms with van der Waals surface area (Å²) in [7, 11) is 1.59. The van der Waals surface area contributed by atoms with Crippen LogP contribution in [0, 0.1) is 0 Å². The molecule has 0 aliphatic heterocycles. The van der Waals surface area contributed by atoms with E-state index in [0.717, 1.165) is 11.3 Å². The second-order valence-corrected chi connectivity index (χ2v) is 7.74. The van der Waals surface area contributed by atoms with Gasteiger partial charge in [-0.3, -0.25) is 9.36 Å². The third kappa shape index (κ3) is 5.53. The number of hydrogen-bond acceptors (Lipinski definition) is 5. The van der Waals surface area contributed by atoms with Crippen LogP contribution in [0.2, 0.25) is 10.0 Å². The van der Waals surface area contributed by atoms with Gasteiger partial charge < -0.3 is 10.1 Å². The Morgan fingerprint density at radius 1 is 1.21 bits per heavy atom. The molecule has 2 aromatic carbocycles. The van der Waals surface area contributed by atoms with Crippen molar-refractivity contribution in [3.05, 3.63) is 65.2 Å². The van der Waals surface area contributed by atoms with E-state index in [4.69, 9.17) is 27.9 Å². The van der Waals surface area contributed by atoms with Crippen molar-refractivity contribution in [1.29, 1.82) is 0 Å². The highest BCUT2D eigenvalue weighted by Gasteiger charge is 2.16. The van der Waals surface area contributed by atoms with Crippen LogP contribution in [0.4, 0.5) is 5.69 Å². The number of amides is 1. The molecule has 0 unspecified atom stereocenters. The lowest BCUT2D eigenvalue weighted by atomic mass is 10.2. The predicted octanol–water partition coefficient (Wildman–Crippen LogP) is 5.18. The average molecular weight is 449 g/mol. The average Bonchev–Trinajstić information content (AvgIpc) is 3.09. The fourth-order valence-corrected chi connectivity index (χ4v) is 3.86. The Morgan fingerprint density at radius 2 is 1.90 bits per heavy atom. The van der Waals surface area contributed by atoms with E-state index in [2.05, 4.69) is 22.1 Å². The van der Waals surface area contributed by atoms with Crippen molar-refractivity contribution in [3.8, 4) is 17.1 Å². The summed E-state index contributed by atoms with van der Waals surface area (Å²) in [6.45, 7) is 4.27. The molecule has 0 saturated heterocycles. The van der Waals surface area contributed by atoms with E-state index in [1.54, 1.807) is 55.7 Å². The summed E-state index contributed by atoms with van der Waals surface area (Å²) in [5.41, 5.74) is 1.43. The maximum Gasteiger partial charge on any atom is 0.234 e. The van der Waals surface area contributed by atoms with Gasteiger partial charge in [0, 0.05) is 27.8 Å². The summed E-state index contributed by atoms with van der Waals surface area (Å²) >= 11 is 13.5. The van der Waals surface area contributed by atoms with Crippen LogP contribution in [0.3, 0.4) is 0 Å². The second-order valence-electron chi connectivity index (χ2n) is 5.93. The molecule has 29 heavy (non-hydrogen) atoms. The van der Waals surface area contributed by atoms with E-state index in [-0.39, 0.29) is 11.7 Å². The number of halogens is 2. The second kappa shape index (κ2) is 9.82. The minimum Gasteiger partial charge on any atom is -0.497 e. The minimum atomic E-state index is -0.152. The van der Waals surface area contributed by atoms with Gasteiger partial charge in [-0.2, -0.15) is 0 Å². The van der Waals surface area contributed by atoms with Crippen LogP contribution in [-0.4, -0.2) is 33.5 Å². The molecule has 9 heteroatoms. The smallest absolute Gasteiger partial charge is 0.234 e. The third-order valence-corrected chi connectivity index (χ3v) is 5.26. The molecule has 1 N–H and O–H groups in total. The molecule has 3 aromatic rings. The summed E-state index contributed by atoms with van der Waals surface area (Å²) in [6.07, 6.45) is 1.74. The van der Waals surface area contributed by atoms with E-state index in [1.165, 1.54) is 11.8 Å². The van der Waals surface area contributed by atoms with Gasteiger partial charge in [-0.25, -0.2) is 0 Å². The number of ether oxygens (including phenoxy) is 1. The van der Waals surface area contributed by atoms with Crippen LogP contribution in [0.1, 0.15) is 0 Å². The highest BCUT2D eigenvalue weighted by Crippen LogP contribution is 2.29. The van der Waals surface area contributed by atoms with E-state index in [9.17, 15) is 4.79 Å². The summed E-state index contributed by atoms with van der Waals surface area (Å²) < 4.78 is 6.97. The number of nitrogens with zero attached hydrogens (tertiary/aromatic N) is 3. The van der Waals surface area contributed by atoms with Gasteiger partial charge in [0.2, 0.25) is 5.91 Å². The van der Waals surface area contributed by atoms with Gasteiger partial charge in [0.25, 0.3) is 0 Å². The van der Waals surface area contributed by atoms with Gasteiger partial charge in [0.1, 0.15) is 5.75 Å². The summed E-state index contributed by atoms with van der Waals surface area (Å²) in [4.78, 5) is 12.3. The molecule has 0 radical (unpaired) electrons. The molecule has 3 rings (SSSR count).